The smallest absolute Gasteiger partial charge is 0.159 e. The topological polar surface area (TPSA) is 112 Å². The van der Waals surface area contributed by atoms with Gasteiger partial charge in [0.05, 0.1) is 29.1 Å². The van der Waals surface area contributed by atoms with Gasteiger partial charge in [-0.15, -0.1) is 0 Å². The molecule has 1 aliphatic heterocycles. The third-order valence-corrected chi connectivity index (χ3v) is 6.47. The maximum absolute atomic E-state index is 14.6. The molecule has 4 heterocycles. The highest BCUT2D eigenvalue weighted by Crippen LogP contribution is 2.28. The number of benzene rings is 1. The van der Waals surface area contributed by atoms with Gasteiger partial charge in [0.1, 0.15) is 17.3 Å². The van der Waals surface area contributed by atoms with Gasteiger partial charge in [0.25, 0.3) is 0 Å². The summed E-state index contributed by atoms with van der Waals surface area (Å²) in [4.78, 5) is 19.2. The van der Waals surface area contributed by atoms with Gasteiger partial charge in [0.2, 0.25) is 0 Å². The fourth-order valence-electron chi connectivity index (χ4n) is 4.33. The van der Waals surface area contributed by atoms with Crippen molar-refractivity contribution in [2.45, 2.75) is 33.7 Å². The van der Waals surface area contributed by atoms with Crippen LogP contribution in [0.4, 0.5) is 10.2 Å². The number of aryl methyl sites for hydroxylation is 1. The molecule has 0 unspecified atom stereocenters. The molecule has 4 N–H and O–H groups in total. The molecule has 0 spiro atoms. The largest absolute Gasteiger partial charge is 0.352 e. The van der Waals surface area contributed by atoms with E-state index in [4.69, 9.17) is 15.7 Å². The number of hydrogen-bond donors (Lipinski definition) is 3. The van der Waals surface area contributed by atoms with Gasteiger partial charge < -0.3 is 15.6 Å². The Balaban J connectivity index is 0.00000181. The molecule has 0 radical (unpaired) electrons. The second-order valence-electron chi connectivity index (χ2n) is 9.26. The highest BCUT2D eigenvalue weighted by molar-refractivity contribution is 5.81. The highest BCUT2D eigenvalue weighted by Gasteiger charge is 2.24. The molecule has 1 aliphatic rings. The Bertz CT molecular complexity index is 1670. The van der Waals surface area contributed by atoms with E-state index < -0.39 is 0 Å². The SMILES string of the molecule is C=C/C=C(/c1ccccc1F)c1nc(-c2n[nH]/c(=C/C=C(\C)c3cncc(N4CC(N)C4)n3)c2=C)[nH]c1C.CC. The molecule has 0 saturated carbocycles. The molecular weight excluding hydrogens is 503 g/mol. The molecule has 9 heteroatoms. The lowest BCUT2D eigenvalue weighted by Gasteiger charge is -2.37. The fourth-order valence-corrected chi connectivity index (χ4v) is 4.33. The molecule has 5 rings (SSSR count). The minimum atomic E-state index is -0.329. The molecule has 40 heavy (non-hydrogen) atoms. The zero-order chi connectivity index (χ0) is 28.8. The Hall–Kier alpha value is -4.63. The van der Waals surface area contributed by atoms with Crippen LogP contribution in [0.5, 0.6) is 0 Å². The quantitative estimate of drug-likeness (QED) is 0.305. The van der Waals surface area contributed by atoms with E-state index in [-0.39, 0.29) is 11.9 Å². The lowest BCUT2D eigenvalue weighted by molar-refractivity contribution is 0.513. The first-order chi connectivity index (χ1) is 19.4. The number of hydrogen-bond acceptors (Lipinski definition) is 6. The molecule has 8 nitrogen and oxygen atoms in total. The summed E-state index contributed by atoms with van der Waals surface area (Å²) < 4.78 is 14.6. The van der Waals surface area contributed by atoms with Crippen LogP contribution in [0.15, 0.2) is 61.5 Å². The van der Waals surface area contributed by atoms with Gasteiger partial charge in [-0.25, -0.2) is 14.4 Å². The van der Waals surface area contributed by atoms with Gasteiger partial charge in [-0.1, -0.05) is 63.4 Å². The first kappa shape index (κ1) is 28.4. The van der Waals surface area contributed by atoms with Crippen LogP contribution in [0.3, 0.4) is 0 Å². The average molecular weight is 539 g/mol. The number of halogens is 1. The van der Waals surface area contributed by atoms with Crippen LogP contribution in [-0.4, -0.2) is 49.3 Å². The number of aromatic amines is 2. The van der Waals surface area contributed by atoms with Crippen molar-refractivity contribution >= 4 is 29.6 Å². The van der Waals surface area contributed by atoms with Crippen molar-refractivity contribution in [2.75, 3.05) is 18.0 Å². The van der Waals surface area contributed by atoms with Gasteiger partial charge in [-0.05, 0) is 31.6 Å². The number of allylic oxidation sites excluding steroid dienone is 4. The Morgan fingerprint density at radius 1 is 1.15 bits per heavy atom. The third kappa shape index (κ3) is 5.84. The van der Waals surface area contributed by atoms with E-state index in [1.807, 2.05) is 39.8 Å². The lowest BCUT2D eigenvalue weighted by atomic mass is 10.0. The number of rotatable bonds is 7. The van der Waals surface area contributed by atoms with E-state index in [1.165, 1.54) is 6.07 Å². The maximum atomic E-state index is 14.6. The zero-order valence-corrected chi connectivity index (χ0v) is 23.4. The molecule has 3 aromatic heterocycles. The summed E-state index contributed by atoms with van der Waals surface area (Å²) in [6.07, 6.45) is 10.7. The van der Waals surface area contributed by atoms with Crippen molar-refractivity contribution in [3.05, 3.63) is 100 Å². The normalized spacial score (nSPS) is 14.6. The standard InChI is InChI=1S/C29H29FN8.C2H6/c1-5-8-22(21-9-6-7-10-23(21)30)28-19(4)33-29(35-28)27-18(3)24(36-37-27)12-11-17(2)25-13-32-14-26(34-25)38-15-20(31)16-38;1-2/h5-14,20,36H,1,3,15-16,31H2,2,4H3,(H,33,35);1-2H3/b17-11+,22-8-,24-12+;. The van der Waals surface area contributed by atoms with Crippen LogP contribution in [0, 0.1) is 12.7 Å². The van der Waals surface area contributed by atoms with E-state index >= 15 is 0 Å². The van der Waals surface area contributed by atoms with Gasteiger partial charge in [0.15, 0.2) is 5.82 Å². The molecule has 206 valence electrons. The van der Waals surface area contributed by atoms with Gasteiger partial charge in [-0.2, -0.15) is 5.10 Å². The van der Waals surface area contributed by atoms with Gasteiger partial charge in [0, 0.05) is 41.2 Å². The van der Waals surface area contributed by atoms with Crippen LogP contribution in [-0.2, 0) is 0 Å². The first-order valence-electron chi connectivity index (χ1n) is 13.3. The van der Waals surface area contributed by atoms with Crippen molar-refractivity contribution in [1.82, 2.24) is 30.1 Å². The van der Waals surface area contributed by atoms with E-state index in [0.29, 0.717) is 33.6 Å². The van der Waals surface area contributed by atoms with Crippen molar-refractivity contribution in [2.24, 2.45) is 5.73 Å². The van der Waals surface area contributed by atoms with Crippen LogP contribution in [0.2, 0.25) is 0 Å². The van der Waals surface area contributed by atoms with E-state index in [1.54, 1.807) is 42.7 Å². The summed E-state index contributed by atoms with van der Waals surface area (Å²) in [5.74, 6) is 1.03. The molecule has 1 saturated heterocycles. The molecule has 0 amide bonds. The number of nitrogens with two attached hydrogens (primary N) is 1. The summed E-state index contributed by atoms with van der Waals surface area (Å²) in [5.41, 5.74) is 10.7. The highest BCUT2D eigenvalue weighted by atomic mass is 19.1. The average Bonchev–Trinajstić information content (AvgIpc) is 3.51. The molecule has 4 aromatic rings. The Kier molecular flexibility index (Phi) is 8.86. The van der Waals surface area contributed by atoms with Crippen LogP contribution in [0.25, 0.3) is 35.3 Å². The minimum absolute atomic E-state index is 0.189. The molecule has 1 fully saturated rings. The zero-order valence-electron chi connectivity index (χ0n) is 23.4. The summed E-state index contributed by atoms with van der Waals surface area (Å²) in [5, 5.41) is 8.91. The molecular formula is C31H35FN8. The van der Waals surface area contributed by atoms with Crippen molar-refractivity contribution in [3.63, 3.8) is 0 Å². The summed E-state index contributed by atoms with van der Waals surface area (Å²) in [7, 11) is 0. The van der Waals surface area contributed by atoms with E-state index in [9.17, 15) is 4.39 Å². The number of imidazole rings is 1. The van der Waals surface area contributed by atoms with Crippen LogP contribution < -0.4 is 21.2 Å². The number of nitrogens with zero attached hydrogens (tertiary/aromatic N) is 5. The second-order valence-corrected chi connectivity index (χ2v) is 9.26. The number of nitrogens with one attached hydrogen (secondary N) is 2. The minimum Gasteiger partial charge on any atom is -0.352 e. The fraction of sp³-hybridized carbons (Fsp3) is 0.226. The Morgan fingerprint density at radius 2 is 1.90 bits per heavy atom. The number of aromatic nitrogens is 6. The third-order valence-electron chi connectivity index (χ3n) is 6.47. The summed E-state index contributed by atoms with van der Waals surface area (Å²) >= 11 is 0. The Morgan fingerprint density at radius 3 is 2.60 bits per heavy atom. The predicted octanol–water partition coefficient (Wildman–Crippen LogP) is 4.12. The molecule has 0 atom stereocenters. The second kappa shape index (κ2) is 12.5. The molecule has 0 aliphatic carbocycles. The van der Waals surface area contributed by atoms with Gasteiger partial charge >= 0.3 is 0 Å². The van der Waals surface area contributed by atoms with E-state index in [0.717, 1.165) is 41.2 Å². The summed E-state index contributed by atoms with van der Waals surface area (Å²) in [6.45, 7) is 17.4. The van der Waals surface area contributed by atoms with Crippen LogP contribution >= 0.6 is 0 Å². The monoisotopic (exact) mass is 538 g/mol. The van der Waals surface area contributed by atoms with Crippen molar-refractivity contribution in [1.29, 1.82) is 0 Å². The number of anilines is 1. The van der Waals surface area contributed by atoms with Crippen molar-refractivity contribution in [3.8, 4) is 11.5 Å². The summed E-state index contributed by atoms with van der Waals surface area (Å²) in [6, 6.07) is 6.79. The molecule has 0 bridgehead atoms. The van der Waals surface area contributed by atoms with E-state index in [2.05, 4.69) is 38.2 Å². The number of H-pyrrole nitrogens is 2. The maximum Gasteiger partial charge on any atom is 0.159 e. The van der Waals surface area contributed by atoms with Crippen molar-refractivity contribution < 1.29 is 4.39 Å². The van der Waals surface area contributed by atoms with Crippen LogP contribution in [0.1, 0.15) is 43.4 Å². The predicted molar refractivity (Wildman–Crippen MR) is 161 cm³/mol. The Labute approximate surface area is 233 Å². The van der Waals surface area contributed by atoms with Gasteiger partial charge in [-0.3, -0.25) is 10.1 Å². The molecule has 1 aromatic carbocycles. The first-order valence-corrected chi connectivity index (χ1v) is 13.3. The lowest BCUT2D eigenvalue weighted by Crippen LogP contribution is -2.56.